The van der Waals surface area contributed by atoms with Crippen LogP contribution in [0.15, 0.2) is 134 Å². The van der Waals surface area contributed by atoms with Gasteiger partial charge in [0, 0.05) is 24.1 Å². The van der Waals surface area contributed by atoms with Gasteiger partial charge < -0.3 is 0 Å². The lowest BCUT2D eigenvalue weighted by molar-refractivity contribution is 1.02. The van der Waals surface area contributed by atoms with Gasteiger partial charge in [0.2, 0.25) is 0 Å². The fraction of sp³-hybridized carbons (Fsp3) is 0.0541. The summed E-state index contributed by atoms with van der Waals surface area (Å²) in [5.74, 6) is 0.233. The Hall–Kier alpha value is -4.75. The highest BCUT2D eigenvalue weighted by atomic mass is 14.7. The summed E-state index contributed by atoms with van der Waals surface area (Å²) >= 11 is 0. The summed E-state index contributed by atoms with van der Waals surface area (Å²) in [6.45, 7) is 0. The summed E-state index contributed by atoms with van der Waals surface area (Å²) in [5.41, 5.74) is 17.0. The van der Waals surface area contributed by atoms with Crippen LogP contribution in [0.2, 0.25) is 0 Å². The van der Waals surface area contributed by atoms with Gasteiger partial charge in [-0.15, -0.1) is 0 Å². The molecule has 0 fully saturated rings. The molecule has 1 heteroatoms. The fourth-order valence-electron chi connectivity index (χ4n) is 6.44. The maximum Gasteiger partial charge on any atom is 0.0525 e. The van der Waals surface area contributed by atoms with E-state index in [1.807, 2.05) is 12.3 Å². The smallest absolute Gasteiger partial charge is 0.0525 e. The molecule has 0 spiro atoms. The van der Waals surface area contributed by atoms with Gasteiger partial charge in [-0.05, 0) is 79.4 Å². The third kappa shape index (κ3) is 3.29. The fourth-order valence-corrected chi connectivity index (χ4v) is 6.44. The Kier molecular flexibility index (Phi) is 4.72. The molecule has 0 aliphatic heterocycles. The van der Waals surface area contributed by atoms with Crippen molar-refractivity contribution in [1.29, 1.82) is 0 Å². The van der Waals surface area contributed by atoms with Gasteiger partial charge in [-0.3, -0.25) is 4.98 Å². The molecule has 0 bridgehead atoms. The first-order chi connectivity index (χ1) is 18.8. The van der Waals surface area contributed by atoms with Gasteiger partial charge in [-0.25, -0.2) is 0 Å². The number of rotatable bonds is 3. The molecule has 2 aliphatic carbocycles. The van der Waals surface area contributed by atoms with Crippen LogP contribution >= 0.6 is 0 Å². The molecule has 1 nitrogen and oxygen atoms in total. The molecule has 38 heavy (non-hydrogen) atoms. The third-order valence-electron chi connectivity index (χ3n) is 8.23. The Morgan fingerprint density at radius 1 is 0.474 bits per heavy atom. The summed E-state index contributed by atoms with van der Waals surface area (Å²) in [6, 6.07) is 46.9. The van der Waals surface area contributed by atoms with Crippen molar-refractivity contribution in [3.63, 3.8) is 0 Å². The molecule has 0 N–H and O–H groups in total. The zero-order valence-electron chi connectivity index (χ0n) is 20.9. The molecule has 1 unspecified atom stereocenters. The van der Waals surface area contributed by atoms with Crippen LogP contribution < -0.4 is 0 Å². The van der Waals surface area contributed by atoms with Crippen LogP contribution in [0.3, 0.4) is 0 Å². The molecule has 6 aromatic rings. The van der Waals surface area contributed by atoms with Gasteiger partial charge in [-0.1, -0.05) is 109 Å². The quantitative estimate of drug-likeness (QED) is 0.244. The van der Waals surface area contributed by atoms with Crippen LogP contribution in [-0.2, 0) is 6.42 Å². The van der Waals surface area contributed by atoms with Crippen LogP contribution in [0.25, 0.3) is 44.5 Å². The van der Waals surface area contributed by atoms with Crippen molar-refractivity contribution in [2.75, 3.05) is 0 Å². The first kappa shape index (κ1) is 21.3. The molecule has 0 amide bonds. The van der Waals surface area contributed by atoms with E-state index in [9.17, 15) is 0 Å². The summed E-state index contributed by atoms with van der Waals surface area (Å²) < 4.78 is 0. The number of benzene rings is 5. The largest absolute Gasteiger partial charge is 0.260 e. The molecule has 1 aromatic heterocycles. The molecule has 1 atom stereocenters. The molecule has 0 saturated carbocycles. The van der Waals surface area contributed by atoms with Crippen molar-refractivity contribution in [2.24, 2.45) is 0 Å². The Morgan fingerprint density at radius 2 is 1.18 bits per heavy atom. The van der Waals surface area contributed by atoms with Crippen molar-refractivity contribution in [2.45, 2.75) is 12.3 Å². The van der Waals surface area contributed by atoms with E-state index in [4.69, 9.17) is 0 Å². The second-order valence-electron chi connectivity index (χ2n) is 10.4. The lowest BCUT2D eigenvalue weighted by atomic mass is 9.87. The SMILES string of the molecule is c1ccc(-c2cccc(C3c4ccccc4-c4cc(-c5ccc6c(c5)-c5cccnc5C6)ccc43)c2)cc1. The number of aromatic nitrogens is 1. The Bertz CT molecular complexity index is 1850. The normalized spacial score (nSPS) is 14.5. The van der Waals surface area contributed by atoms with Crippen LogP contribution in [0, 0.1) is 0 Å². The minimum absolute atomic E-state index is 0.233. The molecule has 0 radical (unpaired) electrons. The molecule has 5 aromatic carbocycles. The summed E-state index contributed by atoms with van der Waals surface area (Å²) in [5, 5.41) is 0. The average molecular weight is 484 g/mol. The Labute approximate surface area is 223 Å². The van der Waals surface area contributed by atoms with Gasteiger partial charge in [-0.2, -0.15) is 0 Å². The minimum atomic E-state index is 0.233. The van der Waals surface area contributed by atoms with Crippen LogP contribution in [0.1, 0.15) is 33.9 Å². The monoisotopic (exact) mass is 483 g/mol. The molecule has 8 rings (SSSR count). The van der Waals surface area contributed by atoms with Crippen molar-refractivity contribution < 1.29 is 0 Å². The maximum atomic E-state index is 4.61. The van der Waals surface area contributed by atoms with Crippen molar-refractivity contribution in [3.05, 3.63) is 162 Å². The summed E-state index contributed by atoms with van der Waals surface area (Å²) in [7, 11) is 0. The van der Waals surface area contributed by atoms with E-state index in [0.29, 0.717) is 0 Å². The van der Waals surface area contributed by atoms with Gasteiger partial charge >= 0.3 is 0 Å². The van der Waals surface area contributed by atoms with Gasteiger partial charge in [0.25, 0.3) is 0 Å². The van der Waals surface area contributed by atoms with Crippen molar-refractivity contribution in [1.82, 2.24) is 4.98 Å². The van der Waals surface area contributed by atoms with E-state index in [0.717, 1.165) is 6.42 Å². The third-order valence-corrected chi connectivity index (χ3v) is 8.23. The maximum absolute atomic E-state index is 4.61. The second-order valence-corrected chi connectivity index (χ2v) is 10.4. The van der Waals surface area contributed by atoms with Crippen molar-refractivity contribution in [3.8, 4) is 44.5 Å². The summed E-state index contributed by atoms with van der Waals surface area (Å²) in [6.07, 6.45) is 2.82. The van der Waals surface area contributed by atoms with E-state index in [1.54, 1.807) is 0 Å². The van der Waals surface area contributed by atoms with Crippen LogP contribution in [-0.4, -0.2) is 4.98 Å². The number of nitrogens with zero attached hydrogens (tertiary/aromatic N) is 1. The molecule has 2 aliphatic rings. The molecule has 1 heterocycles. The first-order valence-electron chi connectivity index (χ1n) is 13.3. The minimum Gasteiger partial charge on any atom is -0.260 e. The standard InChI is InChI=1S/C37H25N/c1-2-8-24(9-3-1)25-10-6-11-29(20-25)37-32-13-5-4-12-30(32)35-22-27(17-18-33(35)37)26-15-16-28-23-36-31(34(28)21-26)14-7-19-38-36/h1-22,37H,23H2. The highest BCUT2D eigenvalue weighted by Gasteiger charge is 2.30. The van der Waals surface area contributed by atoms with E-state index in [-0.39, 0.29) is 5.92 Å². The van der Waals surface area contributed by atoms with Crippen LogP contribution in [0.4, 0.5) is 0 Å². The lowest BCUT2D eigenvalue weighted by Crippen LogP contribution is -1.99. The average Bonchev–Trinajstić information content (AvgIpc) is 3.53. The lowest BCUT2D eigenvalue weighted by Gasteiger charge is -2.16. The number of pyridine rings is 1. The zero-order valence-corrected chi connectivity index (χ0v) is 20.9. The van der Waals surface area contributed by atoms with E-state index in [1.165, 1.54) is 72.5 Å². The molecular weight excluding hydrogens is 458 g/mol. The highest BCUT2D eigenvalue weighted by Crippen LogP contribution is 2.49. The Morgan fingerprint density at radius 3 is 2.11 bits per heavy atom. The van der Waals surface area contributed by atoms with Gasteiger partial charge in [0.1, 0.15) is 0 Å². The van der Waals surface area contributed by atoms with Crippen molar-refractivity contribution >= 4 is 0 Å². The molecule has 0 saturated heterocycles. The van der Waals surface area contributed by atoms with E-state index < -0.39 is 0 Å². The second kappa shape index (κ2) is 8.39. The number of hydrogen-bond acceptors (Lipinski definition) is 1. The summed E-state index contributed by atoms with van der Waals surface area (Å²) in [4.78, 5) is 4.61. The first-order valence-corrected chi connectivity index (χ1v) is 13.3. The molecule has 178 valence electrons. The van der Waals surface area contributed by atoms with Crippen LogP contribution in [0.5, 0.6) is 0 Å². The zero-order chi connectivity index (χ0) is 25.1. The molecular formula is C37H25N. The van der Waals surface area contributed by atoms with E-state index >= 15 is 0 Å². The predicted molar refractivity (Wildman–Crippen MR) is 156 cm³/mol. The van der Waals surface area contributed by atoms with Gasteiger partial charge in [0.15, 0.2) is 0 Å². The number of fused-ring (bicyclic) bond motifs is 6. The van der Waals surface area contributed by atoms with Gasteiger partial charge in [0.05, 0.1) is 5.69 Å². The topological polar surface area (TPSA) is 12.9 Å². The predicted octanol–water partition coefficient (Wildman–Crippen LogP) is 9.15. The van der Waals surface area contributed by atoms with E-state index in [2.05, 4.69) is 126 Å². The highest BCUT2D eigenvalue weighted by molar-refractivity contribution is 5.86. The number of hydrogen-bond donors (Lipinski definition) is 0. The Balaban J connectivity index is 1.24.